The predicted molar refractivity (Wildman–Crippen MR) is 77.5 cm³/mol. The van der Waals surface area contributed by atoms with Gasteiger partial charge in [0.1, 0.15) is 0 Å². The van der Waals surface area contributed by atoms with Crippen molar-refractivity contribution in [2.75, 3.05) is 38.5 Å². The number of rotatable bonds is 2. The Balaban J connectivity index is 2.00. The van der Waals surface area contributed by atoms with Gasteiger partial charge in [0.15, 0.2) is 0 Å². The second-order valence-corrected chi connectivity index (χ2v) is 5.22. The zero-order valence-corrected chi connectivity index (χ0v) is 11.7. The largest absolute Gasteiger partial charge is 0.328 e. The molecule has 0 spiro atoms. The van der Waals surface area contributed by atoms with Crippen LogP contribution in [0.1, 0.15) is 0 Å². The number of carbonyl (C=O) groups excluding carboxylic acids is 1. The van der Waals surface area contributed by atoms with Crippen LogP contribution < -0.4 is 11.1 Å². The third-order valence-corrected chi connectivity index (χ3v) is 3.57. The Kier molecular flexibility index (Phi) is 4.63. The van der Waals surface area contributed by atoms with Gasteiger partial charge in [-0.2, -0.15) is 0 Å². The van der Waals surface area contributed by atoms with Crippen LogP contribution in [0.25, 0.3) is 0 Å². The molecule has 0 saturated carbocycles. The molecular formula is C13H19ClN4O. The molecule has 3 N–H and O–H groups in total. The van der Waals surface area contributed by atoms with Gasteiger partial charge in [0.25, 0.3) is 0 Å². The maximum atomic E-state index is 12.2. The topological polar surface area (TPSA) is 61.6 Å². The molecule has 2 rings (SSSR count). The molecule has 1 aromatic carbocycles. The molecule has 1 aliphatic heterocycles. The number of hydrogen-bond donors (Lipinski definition) is 2. The van der Waals surface area contributed by atoms with Crippen LogP contribution in [0.3, 0.4) is 0 Å². The zero-order valence-electron chi connectivity index (χ0n) is 11.0. The molecule has 0 radical (unpaired) electrons. The summed E-state index contributed by atoms with van der Waals surface area (Å²) in [6.07, 6.45) is 0. The van der Waals surface area contributed by atoms with Gasteiger partial charge in [0.2, 0.25) is 0 Å². The number of nitrogens with zero attached hydrogens (tertiary/aromatic N) is 2. The third-order valence-electron chi connectivity index (χ3n) is 3.31. The Bertz CT molecular complexity index is 437. The lowest BCUT2D eigenvalue weighted by Crippen LogP contribution is -2.57. The van der Waals surface area contributed by atoms with Crippen molar-refractivity contribution in [3.05, 3.63) is 29.3 Å². The van der Waals surface area contributed by atoms with Crippen LogP contribution in [0.15, 0.2) is 24.3 Å². The summed E-state index contributed by atoms with van der Waals surface area (Å²) in [7, 11) is 2.04. The van der Waals surface area contributed by atoms with Crippen LogP contribution in [-0.4, -0.2) is 55.1 Å². The lowest BCUT2D eigenvalue weighted by atomic mass is 10.2. The second-order valence-electron chi connectivity index (χ2n) is 4.78. The molecule has 1 aromatic rings. The number of likely N-dealkylation sites (N-methyl/N-ethyl adjacent to an activating group) is 1. The van der Waals surface area contributed by atoms with E-state index >= 15 is 0 Å². The molecule has 5 nitrogen and oxygen atoms in total. The van der Waals surface area contributed by atoms with Gasteiger partial charge in [-0.25, -0.2) is 4.79 Å². The lowest BCUT2D eigenvalue weighted by molar-refractivity contribution is 0.120. The minimum Gasteiger partial charge on any atom is -0.328 e. The molecule has 0 bridgehead atoms. The predicted octanol–water partition coefficient (Wildman–Crippen LogP) is 1.45. The number of nitrogens with two attached hydrogens (primary N) is 1. The third kappa shape index (κ3) is 3.59. The van der Waals surface area contributed by atoms with E-state index in [1.165, 1.54) is 0 Å². The molecule has 19 heavy (non-hydrogen) atoms. The van der Waals surface area contributed by atoms with Gasteiger partial charge in [0, 0.05) is 36.9 Å². The number of amides is 2. The highest BCUT2D eigenvalue weighted by molar-refractivity contribution is 6.30. The molecule has 0 aromatic heterocycles. The van der Waals surface area contributed by atoms with Crippen molar-refractivity contribution in [2.45, 2.75) is 6.04 Å². The van der Waals surface area contributed by atoms with E-state index in [0.29, 0.717) is 18.1 Å². The highest BCUT2D eigenvalue weighted by Crippen LogP contribution is 2.15. The standard InChI is InChI=1S/C13H19ClN4O/c1-17-6-7-18(12(8-15)9-17)13(19)16-11-4-2-10(14)3-5-11/h2-5,12H,6-9,15H2,1H3,(H,16,19). The first-order valence-electron chi connectivity index (χ1n) is 6.32. The number of hydrogen-bond acceptors (Lipinski definition) is 3. The summed E-state index contributed by atoms with van der Waals surface area (Å²) in [5.41, 5.74) is 6.48. The number of halogens is 1. The number of nitrogens with one attached hydrogen (secondary N) is 1. The smallest absolute Gasteiger partial charge is 0.322 e. The monoisotopic (exact) mass is 282 g/mol. The highest BCUT2D eigenvalue weighted by atomic mass is 35.5. The van der Waals surface area contributed by atoms with Crippen molar-refractivity contribution >= 4 is 23.3 Å². The van der Waals surface area contributed by atoms with E-state index in [2.05, 4.69) is 10.2 Å². The van der Waals surface area contributed by atoms with Gasteiger partial charge in [0.05, 0.1) is 6.04 Å². The van der Waals surface area contributed by atoms with Crippen molar-refractivity contribution < 1.29 is 4.79 Å². The molecule has 1 atom stereocenters. The van der Waals surface area contributed by atoms with E-state index in [-0.39, 0.29) is 12.1 Å². The summed E-state index contributed by atoms with van der Waals surface area (Å²) >= 11 is 5.81. The van der Waals surface area contributed by atoms with Crippen LogP contribution in [0.4, 0.5) is 10.5 Å². The highest BCUT2D eigenvalue weighted by Gasteiger charge is 2.27. The van der Waals surface area contributed by atoms with E-state index in [9.17, 15) is 4.79 Å². The van der Waals surface area contributed by atoms with Crippen molar-refractivity contribution in [1.82, 2.24) is 9.80 Å². The summed E-state index contributed by atoms with van der Waals surface area (Å²) in [5.74, 6) is 0. The van der Waals surface area contributed by atoms with E-state index in [4.69, 9.17) is 17.3 Å². The van der Waals surface area contributed by atoms with Gasteiger partial charge < -0.3 is 20.9 Å². The Hall–Kier alpha value is -1.30. The summed E-state index contributed by atoms with van der Waals surface area (Å²) in [4.78, 5) is 16.2. The molecule has 1 unspecified atom stereocenters. The van der Waals surface area contributed by atoms with Crippen LogP contribution in [0.5, 0.6) is 0 Å². The van der Waals surface area contributed by atoms with Gasteiger partial charge in [-0.3, -0.25) is 0 Å². The second kappa shape index (κ2) is 6.23. The Morgan fingerprint density at radius 2 is 2.11 bits per heavy atom. The number of benzene rings is 1. The van der Waals surface area contributed by atoms with Crippen LogP contribution in [0.2, 0.25) is 5.02 Å². The van der Waals surface area contributed by atoms with Crippen LogP contribution in [0, 0.1) is 0 Å². The van der Waals surface area contributed by atoms with Crippen molar-refractivity contribution in [3.8, 4) is 0 Å². The Labute approximate surface area is 118 Å². The minimum atomic E-state index is -0.106. The number of piperazine rings is 1. The fourth-order valence-electron chi connectivity index (χ4n) is 2.21. The molecule has 104 valence electrons. The maximum Gasteiger partial charge on any atom is 0.322 e. The summed E-state index contributed by atoms with van der Waals surface area (Å²) in [5, 5.41) is 3.52. The average Bonchev–Trinajstić information content (AvgIpc) is 2.41. The number of anilines is 1. The summed E-state index contributed by atoms with van der Waals surface area (Å²) in [6.45, 7) is 2.84. The average molecular weight is 283 g/mol. The molecule has 0 aliphatic carbocycles. The quantitative estimate of drug-likeness (QED) is 0.863. The van der Waals surface area contributed by atoms with Crippen LogP contribution in [-0.2, 0) is 0 Å². The lowest BCUT2D eigenvalue weighted by Gasteiger charge is -2.39. The first-order chi connectivity index (χ1) is 9.10. The number of carbonyl (C=O) groups is 1. The SMILES string of the molecule is CN1CCN(C(=O)Nc2ccc(Cl)cc2)C(CN)C1. The van der Waals surface area contributed by atoms with Crippen molar-refractivity contribution in [1.29, 1.82) is 0 Å². The van der Waals surface area contributed by atoms with Gasteiger partial charge in [-0.05, 0) is 31.3 Å². The van der Waals surface area contributed by atoms with Crippen LogP contribution >= 0.6 is 11.6 Å². The van der Waals surface area contributed by atoms with Gasteiger partial charge in [-0.1, -0.05) is 11.6 Å². The number of urea groups is 1. The van der Waals surface area contributed by atoms with E-state index < -0.39 is 0 Å². The maximum absolute atomic E-state index is 12.2. The summed E-state index contributed by atoms with van der Waals surface area (Å²) < 4.78 is 0. The van der Waals surface area contributed by atoms with Crippen molar-refractivity contribution in [3.63, 3.8) is 0 Å². The molecule has 1 aliphatic rings. The Morgan fingerprint density at radius 3 is 2.74 bits per heavy atom. The molecule has 6 heteroatoms. The summed E-state index contributed by atoms with van der Waals surface area (Å²) in [6, 6.07) is 7.03. The molecular weight excluding hydrogens is 264 g/mol. The van der Waals surface area contributed by atoms with E-state index in [0.717, 1.165) is 18.8 Å². The normalized spacial score (nSPS) is 20.4. The molecule has 1 heterocycles. The first-order valence-corrected chi connectivity index (χ1v) is 6.69. The molecule has 1 fully saturated rings. The molecule has 2 amide bonds. The fraction of sp³-hybridized carbons (Fsp3) is 0.462. The Morgan fingerprint density at radius 1 is 1.42 bits per heavy atom. The minimum absolute atomic E-state index is 0.0612. The fourth-order valence-corrected chi connectivity index (χ4v) is 2.33. The van der Waals surface area contributed by atoms with Gasteiger partial charge >= 0.3 is 6.03 Å². The first kappa shape index (κ1) is 14.1. The van der Waals surface area contributed by atoms with Crippen molar-refractivity contribution in [2.24, 2.45) is 5.73 Å². The van der Waals surface area contributed by atoms with E-state index in [1.54, 1.807) is 29.2 Å². The van der Waals surface area contributed by atoms with E-state index in [1.807, 2.05) is 7.05 Å². The van der Waals surface area contributed by atoms with Gasteiger partial charge in [-0.15, -0.1) is 0 Å². The zero-order chi connectivity index (χ0) is 13.8. The molecule has 1 saturated heterocycles.